The number of para-hydroxylation sites is 1. The quantitative estimate of drug-likeness (QED) is 0.239. The number of aromatic nitrogens is 3. The maximum Gasteiger partial charge on any atom is 0.162 e. The smallest absolute Gasteiger partial charge is 0.162 e. The molecule has 182 valence electrons. The van der Waals surface area contributed by atoms with Crippen LogP contribution in [0.1, 0.15) is 17.7 Å². The molecule has 0 atom stereocenters. The van der Waals surface area contributed by atoms with Gasteiger partial charge in [0.2, 0.25) is 0 Å². The summed E-state index contributed by atoms with van der Waals surface area (Å²) in [4.78, 5) is 10.3. The van der Waals surface area contributed by atoms with Crippen molar-refractivity contribution in [3.63, 3.8) is 0 Å². The third-order valence-electron chi connectivity index (χ3n) is 8.40. The lowest BCUT2D eigenvalue weighted by Gasteiger charge is -2.16. The highest BCUT2D eigenvalue weighted by molar-refractivity contribution is 6.21. The number of rotatable bonds is 2. The summed E-state index contributed by atoms with van der Waals surface area (Å²) in [5, 5.41) is 5.02. The van der Waals surface area contributed by atoms with Crippen molar-refractivity contribution in [3.05, 3.63) is 120 Å². The van der Waals surface area contributed by atoms with E-state index in [0.29, 0.717) is 0 Å². The van der Waals surface area contributed by atoms with Gasteiger partial charge < -0.3 is 0 Å². The number of allylic oxidation sites excluding steroid dienone is 1. The fraction of sp³-hybridized carbons (Fsp3) is 0.0556. The molecule has 5 aromatic carbocycles. The van der Waals surface area contributed by atoms with Crippen LogP contribution in [0.3, 0.4) is 0 Å². The zero-order chi connectivity index (χ0) is 25.5. The molecule has 0 saturated carbocycles. The van der Waals surface area contributed by atoms with Crippen molar-refractivity contribution in [1.29, 1.82) is 0 Å². The van der Waals surface area contributed by atoms with Crippen molar-refractivity contribution >= 4 is 38.7 Å². The fourth-order valence-electron chi connectivity index (χ4n) is 6.76. The Morgan fingerprint density at radius 1 is 0.641 bits per heavy atom. The van der Waals surface area contributed by atoms with E-state index in [4.69, 9.17) is 9.97 Å². The van der Waals surface area contributed by atoms with Crippen LogP contribution in [0, 0.1) is 0 Å². The molecule has 0 spiro atoms. The van der Waals surface area contributed by atoms with E-state index in [0.717, 1.165) is 41.0 Å². The van der Waals surface area contributed by atoms with Crippen LogP contribution in [0.15, 0.2) is 109 Å². The van der Waals surface area contributed by atoms with Gasteiger partial charge in [0.05, 0.1) is 16.7 Å². The standard InChI is InChI=1S/C36H23N3/c1-2-10-23(11-3-1)35-37-30-18-6-4-15-28(30)36(38-35)39-31-19-7-5-14-24(31)27-21-20-26-25-16-8-12-22-13-9-17-29(32(22)25)33(26)34(27)39/h1-4,6-13,15-21H,5,14H2. The molecular weight excluding hydrogens is 474 g/mol. The predicted molar refractivity (Wildman–Crippen MR) is 161 cm³/mol. The van der Waals surface area contributed by atoms with Gasteiger partial charge >= 0.3 is 0 Å². The van der Waals surface area contributed by atoms with Crippen LogP contribution in [-0.2, 0) is 6.42 Å². The van der Waals surface area contributed by atoms with Crippen LogP contribution >= 0.6 is 0 Å². The monoisotopic (exact) mass is 497 g/mol. The molecule has 0 saturated heterocycles. The summed E-state index contributed by atoms with van der Waals surface area (Å²) in [5.74, 6) is 1.69. The van der Waals surface area contributed by atoms with Gasteiger partial charge in [0.1, 0.15) is 5.82 Å². The molecule has 3 heteroatoms. The molecule has 0 fully saturated rings. The van der Waals surface area contributed by atoms with E-state index < -0.39 is 0 Å². The molecule has 3 nitrogen and oxygen atoms in total. The molecule has 0 radical (unpaired) electrons. The molecule has 0 aliphatic heterocycles. The van der Waals surface area contributed by atoms with Crippen molar-refractivity contribution in [1.82, 2.24) is 14.5 Å². The average molecular weight is 498 g/mol. The van der Waals surface area contributed by atoms with Gasteiger partial charge in [0.25, 0.3) is 0 Å². The van der Waals surface area contributed by atoms with Crippen molar-refractivity contribution in [2.45, 2.75) is 12.8 Å². The highest BCUT2D eigenvalue weighted by atomic mass is 15.1. The van der Waals surface area contributed by atoms with Gasteiger partial charge in [0.15, 0.2) is 5.82 Å². The molecule has 0 bridgehead atoms. The Morgan fingerprint density at radius 2 is 1.46 bits per heavy atom. The van der Waals surface area contributed by atoms with E-state index >= 15 is 0 Å². The lowest BCUT2D eigenvalue weighted by molar-refractivity contribution is 0.954. The van der Waals surface area contributed by atoms with Crippen LogP contribution in [0.2, 0.25) is 0 Å². The Morgan fingerprint density at radius 3 is 2.36 bits per heavy atom. The highest BCUT2D eigenvalue weighted by Gasteiger charge is 2.29. The molecule has 2 aliphatic rings. The lowest BCUT2D eigenvalue weighted by atomic mass is 9.97. The van der Waals surface area contributed by atoms with E-state index in [9.17, 15) is 0 Å². The van der Waals surface area contributed by atoms with E-state index in [1.165, 1.54) is 55.2 Å². The van der Waals surface area contributed by atoms with E-state index in [-0.39, 0.29) is 0 Å². The Labute approximate surface area is 225 Å². The van der Waals surface area contributed by atoms with E-state index in [1.807, 2.05) is 18.2 Å². The molecule has 2 aliphatic carbocycles. The molecular formula is C36H23N3. The summed E-state index contributed by atoms with van der Waals surface area (Å²) in [6.07, 6.45) is 6.68. The van der Waals surface area contributed by atoms with Crippen molar-refractivity contribution in [2.75, 3.05) is 0 Å². The minimum Gasteiger partial charge on any atom is -0.293 e. The number of nitrogens with zero attached hydrogens (tertiary/aromatic N) is 3. The second-order valence-corrected chi connectivity index (χ2v) is 10.5. The second-order valence-electron chi connectivity index (χ2n) is 10.5. The molecule has 2 heterocycles. The van der Waals surface area contributed by atoms with Gasteiger partial charge in [-0.25, -0.2) is 9.97 Å². The average Bonchev–Trinajstić information content (AvgIpc) is 3.51. The first-order chi connectivity index (χ1) is 19.4. The summed E-state index contributed by atoms with van der Waals surface area (Å²) in [6, 6.07) is 36.8. The summed E-state index contributed by atoms with van der Waals surface area (Å²) < 4.78 is 2.43. The SMILES string of the molecule is C1=Cc2c(c3ccc4c(c3n2-c2nc(-c3ccccc3)nc3ccccc23)-c2cccc3cccc-4c23)CC1. The molecule has 0 N–H and O–H groups in total. The molecule has 0 amide bonds. The minimum atomic E-state index is 0.748. The summed E-state index contributed by atoms with van der Waals surface area (Å²) in [7, 11) is 0. The first-order valence-electron chi connectivity index (χ1n) is 13.6. The van der Waals surface area contributed by atoms with Crippen molar-refractivity contribution in [3.8, 4) is 39.5 Å². The molecule has 7 aromatic rings. The Kier molecular flexibility index (Phi) is 4.17. The third kappa shape index (κ3) is 2.82. The first-order valence-corrected chi connectivity index (χ1v) is 13.6. The summed E-state index contributed by atoms with van der Waals surface area (Å²) in [6.45, 7) is 0. The van der Waals surface area contributed by atoms with Gasteiger partial charge in [-0.2, -0.15) is 0 Å². The van der Waals surface area contributed by atoms with Crippen LogP contribution in [0.25, 0.3) is 78.1 Å². The molecule has 0 unspecified atom stereocenters. The number of hydrogen-bond acceptors (Lipinski definition) is 2. The number of hydrogen-bond donors (Lipinski definition) is 0. The molecule has 9 rings (SSSR count). The van der Waals surface area contributed by atoms with Gasteiger partial charge in [-0.15, -0.1) is 0 Å². The summed E-state index contributed by atoms with van der Waals surface area (Å²) in [5.41, 5.74) is 11.1. The highest BCUT2D eigenvalue weighted by Crippen LogP contribution is 2.52. The Bertz CT molecular complexity index is 2160. The largest absolute Gasteiger partial charge is 0.293 e. The number of fused-ring (bicyclic) bond motifs is 8. The normalized spacial score (nSPS) is 13.3. The lowest BCUT2D eigenvalue weighted by Crippen LogP contribution is -2.06. The van der Waals surface area contributed by atoms with E-state index in [1.54, 1.807) is 0 Å². The van der Waals surface area contributed by atoms with Crippen molar-refractivity contribution < 1.29 is 0 Å². The van der Waals surface area contributed by atoms with Gasteiger partial charge in [0, 0.05) is 21.9 Å². The van der Waals surface area contributed by atoms with Crippen molar-refractivity contribution in [2.24, 2.45) is 0 Å². The van der Waals surface area contributed by atoms with Gasteiger partial charge in [-0.3, -0.25) is 4.57 Å². The maximum atomic E-state index is 5.31. The van der Waals surface area contributed by atoms with Crippen LogP contribution in [-0.4, -0.2) is 14.5 Å². The number of benzene rings is 5. The van der Waals surface area contributed by atoms with Crippen LogP contribution in [0.4, 0.5) is 0 Å². The number of aryl methyl sites for hydroxylation is 1. The maximum absolute atomic E-state index is 5.31. The first kappa shape index (κ1) is 21.0. The van der Waals surface area contributed by atoms with Crippen LogP contribution < -0.4 is 0 Å². The second kappa shape index (κ2) is 7.75. The zero-order valence-corrected chi connectivity index (χ0v) is 21.2. The van der Waals surface area contributed by atoms with Crippen LogP contribution in [0.5, 0.6) is 0 Å². The zero-order valence-electron chi connectivity index (χ0n) is 21.2. The predicted octanol–water partition coefficient (Wildman–Crippen LogP) is 9.00. The molecule has 2 aromatic heterocycles. The summed E-state index contributed by atoms with van der Waals surface area (Å²) >= 11 is 0. The van der Waals surface area contributed by atoms with Gasteiger partial charge in [-0.1, -0.05) is 97.1 Å². The minimum absolute atomic E-state index is 0.748. The van der Waals surface area contributed by atoms with E-state index in [2.05, 4.69) is 102 Å². The van der Waals surface area contributed by atoms with Gasteiger partial charge in [-0.05, 0) is 64.1 Å². The third-order valence-corrected chi connectivity index (χ3v) is 8.40. The Hall–Kier alpha value is -5.02. The fourth-order valence-corrected chi connectivity index (χ4v) is 6.76. The Balaban J connectivity index is 1.47. The molecule has 39 heavy (non-hydrogen) atoms. The topological polar surface area (TPSA) is 30.7 Å².